The number of phenolic OH excluding ortho intramolecular Hbond substituents is 1. The van der Waals surface area contributed by atoms with E-state index in [1.54, 1.807) is 30.6 Å². The summed E-state index contributed by atoms with van der Waals surface area (Å²) in [7, 11) is 0. The van der Waals surface area contributed by atoms with Crippen LogP contribution >= 0.6 is 0 Å². The fourth-order valence-corrected chi connectivity index (χ4v) is 2.14. The summed E-state index contributed by atoms with van der Waals surface area (Å²) in [6.07, 6.45) is 3.48. The summed E-state index contributed by atoms with van der Waals surface area (Å²) in [5.74, 6) is 1.38. The molecule has 0 spiro atoms. The van der Waals surface area contributed by atoms with Crippen molar-refractivity contribution in [3.8, 4) is 17.0 Å². The molecule has 6 heteroatoms. The van der Waals surface area contributed by atoms with Gasteiger partial charge in [0.25, 0.3) is 0 Å². The number of aromatic hydroxyl groups is 1. The van der Waals surface area contributed by atoms with Crippen LogP contribution in [0.1, 0.15) is 6.92 Å². The van der Waals surface area contributed by atoms with E-state index < -0.39 is 0 Å². The summed E-state index contributed by atoms with van der Waals surface area (Å²) < 4.78 is 0. The van der Waals surface area contributed by atoms with Gasteiger partial charge in [-0.25, -0.2) is 4.98 Å². The Balaban J connectivity index is 1.97. The van der Waals surface area contributed by atoms with Crippen molar-refractivity contribution in [1.82, 2.24) is 15.0 Å². The smallest absolute Gasteiger partial charge is 0.225 e. The van der Waals surface area contributed by atoms with Gasteiger partial charge in [-0.3, -0.25) is 4.98 Å². The first-order chi connectivity index (χ1) is 11.2. The average molecular weight is 307 g/mol. The topological polar surface area (TPSA) is 83.0 Å². The molecule has 2 aromatic heterocycles. The minimum Gasteiger partial charge on any atom is -0.508 e. The Labute approximate surface area is 134 Å². The van der Waals surface area contributed by atoms with Crippen LogP contribution in [-0.2, 0) is 0 Å². The van der Waals surface area contributed by atoms with E-state index >= 15 is 0 Å². The van der Waals surface area contributed by atoms with Crippen LogP contribution in [0.25, 0.3) is 11.3 Å². The Morgan fingerprint density at radius 3 is 2.74 bits per heavy atom. The lowest BCUT2D eigenvalue weighted by molar-refractivity contribution is 0.475. The monoisotopic (exact) mass is 307 g/mol. The van der Waals surface area contributed by atoms with E-state index in [-0.39, 0.29) is 5.75 Å². The molecule has 0 radical (unpaired) electrons. The predicted octanol–water partition coefficient (Wildman–Crippen LogP) is 3.42. The molecule has 116 valence electrons. The Kier molecular flexibility index (Phi) is 4.33. The highest BCUT2D eigenvalue weighted by atomic mass is 16.3. The molecule has 3 aromatic rings. The molecule has 0 atom stereocenters. The molecule has 23 heavy (non-hydrogen) atoms. The summed E-state index contributed by atoms with van der Waals surface area (Å²) in [6, 6.07) is 12.6. The number of aromatic nitrogens is 3. The molecule has 0 bridgehead atoms. The molecule has 0 aliphatic carbocycles. The highest BCUT2D eigenvalue weighted by Gasteiger charge is 2.07. The molecule has 0 unspecified atom stereocenters. The second-order valence-electron chi connectivity index (χ2n) is 4.91. The molecule has 0 saturated heterocycles. The van der Waals surface area contributed by atoms with Gasteiger partial charge in [-0.2, -0.15) is 4.98 Å². The molecular weight excluding hydrogens is 290 g/mol. The van der Waals surface area contributed by atoms with Gasteiger partial charge >= 0.3 is 0 Å². The maximum Gasteiger partial charge on any atom is 0.225 e. The minimum absolute atomic E-state index is 0.198. The fraction of sp³-hybridized carbons (Fsp3) is 0.118. The largest absolute Gasteiger partial charge is 0.508 e. The third kappa shape index (κ3) is 3.74. The highest BCUT2D eigenvalue weighted by molar-refractivity contribution is 5.67. The van der Waals surface area contributed by atoms with Crippen LogP contribution in [0.15, 0.2) is 54.9 Å². The summed E-state index contributed by atoms with van der Waals surface area (Å²) in [6.45, 7) is 2.71. The molecule has 6 nitrogen and oxygen atoms in total. The number of nitrogens with zero attached hydrogens (tertiary/aromatic N) is 3. The van der Waals surface area contributed by atoms with Gasteiger partial charge in [-0.1, -0.05) is 6.07 Å². The fourth-order valence-electron chi connectivity index (χ4n) is 2.14. The van der Waals surface area contributed by atoms with Crippen LogP contribution in [0.3, 0.4) is 0 Å². The average Bonchev–Trinajstić information content (AvgIpc) is 2.56. The van der Waals surface area contributed by atoms with Gasteiger partial charge in [0.15, 0.2) is 0 Å². The van der Waals surface area contributed by atoms with Gasteiger partial charge in [0.05, 0.1) is 5.69 Å². The molecule has 0 saturated carbocycles. The van der Waals surface area contributed by atoms with Crippen LogP contribution < -0.4 is 10.6 Å². The van der Waals surface area contributed by atoms with E-state index in [1.165, 1.54) is 0 Å². The first-order valence-electron chi connectivity index (χ1n) is 7.34. The number of nitrogens with one attached hydrogen (secondary N) is 2. The number of hydrogen-bond donors (Lipinski definition) is 3. The zero-order valence-corrected chi connectivity index (χ0v) is 12.7. The normalized spacial score (nSPS) is 10.3. The van der Waals surface area contributed by atoms with Crippen molar-refractivity contribution in [2.75, 3.05) is 17.2 Å². The minimum atomic E-state index is 0.198. The second-order valence-corrected chi connectivity index (χ2v) is 4.91. The Hall–Kier alpha value is -3.15. The van der Waals surface area contributed by atoms with Gasteiger partial charge in [0, 0.05) is 42.3 Å². The quantitative estimate of drug-likeness (QED) is 0.670. The summed E-state index contributed by atoms with van der Waals surface area (Å²) in [4.78, 5) is 13.1. The zero-order valence-electron chi connectivity index (χ0n) is 12.7. The zero-order chi connectivity index (χ0) is 16.1. The van der Waals surface area contributed by atoms with Crippen LogP contribution in [0.5, 0.6) is 5.75 Å². The first-order valence-corrected chi connectivity index (χ1v) is 7.34. The van der Waals surface area contributed by atoms with Crippen LogP contribution in [0, 0.1) is 0 Å². The van der Waals surface area contributed by atoms with E-state index in [0.29, 0.717) is 11.8 Å². The summed E-state index contributed by atoms with van der Waals surface area (Å²) >= 11 is 0. The third-order valence-electron chi connectivity index (χ3n) is 3.14. The number of rotatable bonds is 5. The van der Waals surface area contributed by atoms with Gasteiger partial charge in [0.2, 0.25) is 5.95 Å². The van der Waals surface area contributed by atoms with E-state index in [0.717, 1.165) is 23.5 Å². The Morgan fingerprint density at radius 1 is 1.09 bits per heavy atom. The molecule has 0 fully saturated rings. The van der Waals surface area contributed by atoms with Crippen molar-refractivity contribution in [3.63, 3.8) is 0 Å². The lowest BCUT2D eigenvalue weighted by Crippen LogP contribution is -2.05. The standard InChI is InChI=1S/C17H17N5O/c1-2-19-17-21-15(12-5-4-8-18-11-12)10-16(22-17)20-13-6-3-7-14(23)9-13/h3-11,23H,2H2,1H3,(H2,19,20,21,22). The SMILES string of the molecule is CCNc1nc(Nc2cccc(O)c2)cc(-c2cccnc2)n1. The number of hydrogen-bond acceptors (Lipinski definition) is 6. The first kappa shape index (κ1) is 14.8. The third-order valence-corrected chi connectivity index (χ3v) is 3.14. The van der Waals surface area contributed by atoms with E-state index in [9.17, 15) is 5.11 Å². The number of phenols is 1. The molecular formula is C17H17N5O. The molecule has 0 aliphatic heterocycles. The van der Waals surface area contributed by atoms with Crippen molar-refractivity contribution in [2.24, 2.45) is 0 Å². The van der Waals surface area contributed by atoms with Gasteiger partial charge < -0.3 is 15.7 Å². The molecule has 3 rings (SSSR count). The van der Waals surface area contributed by atoms with Crippen LogP contribution in [-0.4, -0.2) is 26.6 Å². The maximum absolute atomic E-state index is 9.57. The van der Waals surface area contributed by atoms with E-state index in [1.807, 2.05) is 31.2 Å². The van der Waals surface area contributed by atoms with Gasteiger partial charge in [-0.05, 0) is 31.2 Å². The number of pyridine rings is 1. The van der Waals surface area contributed by atoms with Crippen LogP contribution in [0.4, 0.5) is 17.5 Å². The van der Waals surface area contributed by atoms with Gasteiger partial charge in [-0.15, -0.1) is 0 Å². The molecule has 3 N–H and O–H groups in total. The number of benzene rings is 1. The van der Waals surface area contributed by atoms with Crippen LogP contribution in [0.2, 0.25) is 0 Å². The highest BCUT2D eigenvalue weighted by Crippen LogP contribution is 2.24. The van der Waals surface area contributed by atoms with E-state index in [2.05, 4.69) is 25.6 Å². The second kappa shape index (κ2) is 6.74. The Morgan fingerprint density at radius 2 is 2.00 bits per heavy atom. The molecule has 0 amide bonds. The molecule has 2 heterocycles. The lowest BCUT2D eigenvalue weighted by Gasteiger charge is -2.11. The predicted molar refractivity (Wildman–Crippen MR) is 90.8 cm³/mol. The molecule has 1 aromatic carbocycles. The van der Waals surface area contributed by atoms with Crippen molar-refractivity contribution in [1.29, 1.82) is 0 Å². The summed E-state index contributed by atoms with van der Waals surface area (Å²) in [5.41, 5.74) is 2.43. The number of anilines is 3. The van der Waals surface area contributed by atoms with E-state index in [4.69, 9.17) is 0 Å². The van der Waals surface area contributed by atoms with Crippen molar-refractivity contribution >= 4 is 17.5 Å². The maximum atomic E-state index is 9.57. The molecule has 0 aliphatic rings. The lowest BCUT2D eigenvalue weighted by atomic mass is 10.2. The van der Waals surface area contributed by atoms with Gasteiger partial charge in [0.1, 0.15) is 11.6 Å². The van der Waals surface area contributed by atoms with Crippen molar-refractivity contribution in [3.05, 3.63) is 54.9 Å². The van der Waals surface area contributed by atoms with Crippen molar-refractivity contribution < 1.29 is 5.11 Å². The van der Waals surface area contributed by atoms with Crippen molar-refractivity contribution in [2.45, 2.75) is 6.92 Å². The Bertz CT molecular complexity index is 792. The summed E-state index contributed by atoms with van der Waals surface area (Å²) in [5, 5.41) is 15.9.